The molecule has 0 spiro atoms. The van der Waals surface area contributed by atoms with Gasteiger partial charge in [-0.3, -0.25) is 4.79 Å². The van der Waals surface area contributed by atoms with Crippen LogP contribution in [0.2, 0.25) is 0 Å². The predicted molar refractivity (Wildman–Crippen MR) is 141 cm³/mol. The summed E-state index contributed by atoms with van der Waals surface area (Å²) in [6.07, 6.45) is 5.14. The maximum atomic E-state index is 13.1. The van der Waals surface area contributed by atoms with Gasteiger partial charge in [0.25, 0.3) is 0 Å². The van der Waals surface area contributed by atoms with E-state index >= 15 is 0 Å². The van der Waals surface area contributed by atoms with E-state index in [1.54, 1.807) is 12.4 Å². The van der Waals surface area contributed by atoms with Gasteiger partial charge in [0.2, 0.25) is 17.8 Å². The zero-order chi connectivity index (χ0) is 24.8. The van der Waals surface area contributed by atoms with Gasteiger partial charge in [-0.1, -0.05) is 0 Å². The van der Waals surface area contributed by atoms with Crippen molar-refractivity contribution >= 4 is 36.0 Å². The van der Waals surface area contributed by atoms with Crippen molar-refractivity contribution in [2.75, 3.05) is 68.0 Å². The summed E-state index contributed by atoms with van der Waals surface area (Å²) in [6.45, 7) is 11.3. The number of fused-ring (bicyclic) bond motifs is 1. The van der Waals surface area contributed by atoms with Crippen LogP contribution in [0.3, 0.4) is 0 Å². The minimum Gasteiger partial charge on any atom is -0.378 e. The first-order chi connectivity index (χ1) is 16.7. The summed E-state index contributed by atoms with van der Waals surface area (Å²) >= 11 is 0. The van der Waals surface area contributed by atoms with E-state index in [1.165, 1.54) is 0 Å². The standard InChI is InChI=1S/C24H35N9O2.ClH/c1-23(2,14-25)20(34)32-7-5-24(3,15-32)33-6-4-17-18(16-12-27-21(26)28-13-16)29-22(30-19(17)33)31-8-10-35-11-9-31;/h12-13H,4-11,14-15,25H2,1-3H3,(H2,26,27,28);1H/t24-;/m0./s1. The zero-order valence-corrected chi connectivity index (χ0v) is 22.1. The molecule has 5 heterocycles. The number of carbonyl (C=O) groups is 1. The van der Waals surface area contributed by atoms with Gasteiger partial charge in [-0.25, -0.2) is 15.0 Å². The molecule has 1 amide bonds. The Bertz CT molecular complexity index is 1110. The number of nitrogen functional groups attached to an aromatic ring is 1. The Kier molecular flexibility index (Phi) is 7.27. The smallest absolute Gasteiger partial charge is 0.229 e. The highest BCUT2D eigenvalue weighted by molar-refractivity contribution is 5.85. The predicted octanol–water partition coefficient (Wildman–Crippen LogP) is 1.11. The number of likely N-dealkylation sites (tertiary alicyclic amines) is 1. The third kappa shape index (κ3) is 4.67. The lowest BCUT2D eigenvalue weighted by molar-refractivity contribution is -0.138. The van der Waals surface area contributed by atoms with Gasteiger partial charge in [0.05, 0.1) is 29.9 Å². The maximum absolute atomic E-state index is 13.1. The molecule has 0 aromatic carbocycles. The monoisotopic (exact) mass is 517 g/mol. The number of ether oxygens (including phenoxy) is 1. The highest BCUT2D eigenvalue weighted by Gasteiger charge is 2.46. The van der Waals surface area contributed by atoms with Crippen molar-refractivity contribution in [3.05, 3.63) is 18.0 Å². The second kappa shape index (κ2) is 9.95. The highest BCUT2D eigenvalue weighted by Crippen LogP contribution is 2.42. The van der Waals surface area contributed by atoms with Crippen LogP contribution in [0, 0.1) is 5.41 Å². The average Bonchev–Trinajstić information content (AvgIpc) is 3.49. The van der Waals surface area contributed by atoms with Crippen LogP contribution < -0.4 is 21.3 Å². The number of nitrogens with two attached hydrogens (primary N) is 2. The second-order valence-corrected chi connectivity index (χ2v) is 10.6. The number of hydrogen-bond acceptors (Lipinski definition) is 10. The molecule has 1 atom stereocenters. The van der Waals surface area contributed by atoms with E-state index in [1.807, 2.05) is 18.7 Å². The average molecular weight is 518 g/mol. The van der Waals surface area contributed by atoms with E-state index < -0.39 is 5.41 Å². The molecule has 0 aliphatic carbocycles. The summed E-state index contributed by atoms with van der Waals surface area (Å²) in [5.41, 5.74) is 13.6. The molecule has 3 aliphatic rings. The maximum Gasteiger partial charge on any atom is 0.229 e. The lowest BCUT2D eigenvalue weighted by Gasteiger charge is -2.38. The van der Waals surface area contributed by atoms with Crippen LogP contribution in [-0.4, -0.2) is 88.8 Å². The summed E-state index contributed by atoms with van der Waals surface area (Å²) in [7, 11) is 0. The number of rotatable bonds is 5. The molecule has 2 saturated heterocycles. The summed E-state index contributed by atoms with van der Waals surface area (Å²) in [5.74, 6) is 1.96. The van der Waals surface area contributed by atoms with Crippen molar-refractivity contribution in [1.82, 2.24) is 24.8 Å². The molecule has 2 aromatic rings. The first kappa shape index (κ1) is 26.3. The Hall–Kier alpha value is -2.76. The van der Waals surface area contributed by atoms with Crippen LogP contribution in [0.4, 0.5) is 17.7 Å². The van der Waals surface area contributed by atoms with Gasteiger partial charge in [-0.15, -0.1) is 12.4 Å². The molecule has 12 heteroatoms. The van der Waals surface area contributed by atoms with E-state index in [0.29, 0.717) is 38.8 Å². The van der Waals surface area contributed by atoms with Gasteiger partial charge in [0.15, 0.2) is 0 Å². The Morgan fingerprint density at radius 1 is 1.14 bits per heavy atom. The number of hydrogen-bond donors (Lipinski definition) is 2. The number of halogens is 1. The van der Waals surface area contributed by atoms with Gasteiger partial charge in [-0.2, -0.15) is 4.98 Å². The number of morpholine rings is 1. The molecule has 2 fully saturated rings. The molecule has 3 aliphatic heterocycles. The van der Waals surface area contributed by atoms with Gasteiger partial charge in [0.1, 0.15) is 5.82 Å². The topological polar surface area (TPSA) is 140 Å². The number of amides is 1. The van der Waals surface area contributed by atoms with Crippen LogP contribution in [-0.2, 0) is 16.0 Å². The number of anilines is 3. The zero-order valence-electron chi connectivity index (χ0n) is 21.2. The summed E-state index contributed by atoms with van der Waals surface area (Å²) in [4.78, 5) is 38.1. The minimum atomic E-state index is -0.567. The fraction of sp³-hybridized carbons (Fsp3) is 0.625. The third-order valence-corrected chi connectivity index (χ3v) is 7.53. The molecule has 0 unspecified atom stereocenters. The normalized spacial score (nSPS) is 21.9. The Morgan fingerprint density at radius 2 is 1.83 bits per heavy atom. The molecule has 5 rings (SSSR count). The molecule has 0 bridgehead atoms. The number of aromatic nitrogens is 4. The molecular formula is C24H36ClN9O2. The van der Waals surface area contributed by atoms with Crippen molar-refractivity contribution in [2.24, 2.45) is 11.1 Å². The quantitative estimate of drug-likeness (QED) is 0.592. The van der Waals surface area contributed by atoms with E-state index in [9.17, 15) is 4.79 Å². The van der Waals surface area contributed by atoms with Crippen LogP contribution >= 0.6 is 12.4 Å². The number of nitrogens with zero attached hydrogens (tertiary/aromatic N) is 7. The molecule has 0 radical (unpaired) electrons. The molecule has 2 aromatic heterocycles. The van der Waals surface area contributed by atoms with Crippen molar-refractivity contribution in [3.8, 4) is 11.3 Å². The number of carbonyl (C=O) groups excluding carboxylic acids is 1. The first-order valence-corrected chi connectivity index (χ1v) is 12.3. The molecule has 11 nitrogen and oxygen atoms in total. The largest absolute Gasteiger partial charge is 0.378 e. The lowest BCUT2D eigenvalue weighted by Crippen LogP contribution is -2.51. The highest BCUT2D eigenvalue weighted by atomic mass is 35.5. The Morgan fingerprint density at radius 3 is 2.50 bits per heavy atom. The second-order valence-electron chi connectivity index (χ2n) is 10.6. The van der Waals surface area contributed by atoms with Crippen molar-refractivity contribution in [2.45, 2.75) is 39.2 Å². The Balaban J connectivity index is 0.00000304. The first-order valence-electron chi connectivity index (χ1n) is 12.3. The van der Waals surface area contributed by atoms with Crippen LogP contribution in [0.1, 0.15) is 32.8 Å². The summed E-state index contributed by atoms with van der Waals surface area (Å²) in [5, 5.41) is 0. The van der Waals surface area contributed by atoms with Crippen LogP contribution in [0.25, 0.3) is 11.3 Å². The van der Waals surface area contributed by atoms with Crippen molar-refractivity contribution in [3.63, 3.8) is 0 Å². The minimum absolute atomic E-state index is 0. The van der Waals surface area contributed by atoms with Crippen LogP contribution in [0.5, 0.6) is 0 Å². The lowest BCUT2D eigenvalue weighted by atomic mass is 9.92. The summed E-state index contributed by atoms with van der Waals surface area (Å²) < 4.78 is 5.54. The van der Waals surface area contributed by atoms with E-state index in [0.717, 1.165) is 55.1 Å². The Labute approximate surface area is 218 Å². The summed E-state index contributed by atoms with van der Waals surface area (Å²) in [6, 6.07) is 0. The van der Waals surface area contributed by atoms with E-state index in [-0.39, 0.29) is 29.8 Å². The fourth-order valence-corrected chi connectivity index (χ4v) is 5.23. The molecular weight excluding hydrogens is 482 g/mol. The fourth-order valence-electron chi connectivity index (χ4n) is 5.23. The van der Waals surface area contributed by atoms with Gasteiger partial charge in [-0.05, 0) is 33.6 Å². The molecule has 0 saturated carbocycles. The van der Waals surface area contributed by atoms with Gasteiger partial charge >= 0.3 is 0 Å². The van der Waals surface area contributed by atoms with Gasteiger partial charge in [0, 0.05) is 62.8 Å². The van der Waals surface area contributed by atoms with Crippen molar-refractivity contribution in [1.29, 1.82) is 0 Å². The van der Waals surface area contributed by atoms with Crippen LogP contribution in [0.15, 0.2) is 12.4 Å². The van der Waals surface area contributed by atoms with E-state index in [4.69, 9.17) is 26.2 Å². The molecule has 36 heavy (non-hydrogen) atoms. The van der Waals surface area contributed by atoms with E-state index in [2.05, 4.69) is 26.7 Å². The molecule has 4 N–H and O–H groups in total. The molecule has 196 valence electrons. The van der Waals surface area contributed by atoms with Gasteiger partial charge < -0.3 is 30.9 Å². The third-order valence-electron chi connectivity index (χ3n) is 7.53. The SMILES string of the molecule is CC(C)(CN)C(=O)N1CC[C@](C)(N2CCc3c(-c4cnc(N)nc4)nc(N4CCOCC4)nc32)C1.Cl. The van der Waals surface area contributed by atoms with Crippen molar-refractivity contribution < 1.29 is 9.53 Å².